The molecular formula is C17H19ClF2N2O2. The molecule has 0 aromatic heterocycles. The van der Waals surface area contributed by atoms with Gasteiger partial charge in [0.1, 0.15) is 11.6 Å². The van der Waals surface area contributed by atoms with Gasteiger partial charge >= 0.3 is 0 Å². The van der Waals surface area contributed by atoms with Gasteiger partial charge in [0.15, 0.2) is 0 Å². The van der Waals surface area contributed by atoms with Crippen LogP contribution in [0.3, 0.4) is 0 Å². The lowest BCUT2D eigenvalue weighted by molar-refractivity contribution is -0.126. The van der Waals surface area contributed by atoms with Gasteiger partial charge in [0.25, 0.3) is 0 Å². The SMILES string of the molecule is O=C(NC(Cc1cc(F)c(Cl)cc1F)C1COC1)[C@H]1C[C@H]2C[C@H]2N1. The number of hydrogen-bond acceptors (Lipinski definition) is 3. The Labute approximate surface area is 143 Å². The average molecular weight is 357 g/mol. The summed E-state index contributed by atoms with van der Waals surface area (Å²) in [5.74, 6) is -0.535. The summed E-state index contributed by atoms with van der Waals surface area (Å²) in [4.78, 5) is 12.5. The highest BCUT2D eigenvalue weighted by molar-refractivity contribution is 6.30. The Kier molecular flexibility index (Phi) is 4.22. The summed E-state index contributed by atoms with van der Waals surface area (Å²) >= 11 is 5.60. The van der Waals surface area contributed by atoms with Crippen LogP contribution in [0, 0.1) is 23.5 Å². The van der Waals surface area contributed by atoms with E-state index in [1.54, 1.807) is 0 Å². The van der Waals surface area contributed by atoms with Crippen LogP contribution in [0.4, 0.5) is 8.78 Å². The Morgan fingerprint density at radius 3 is 2.75 bits per heavy atom. The maximum atomic E-state index is 14.1. The van der Waals surface area contributed by atoms with Crippen molar-refractivity contribution < 1.29 is 18.3 Å². The van der Waals surface area contributed by atoms with Crippen molar-refractivity contribution in [3.63, 3.8) is 0 Å². The molecule has 1 saturated carbocycles. The first-order valence-corrected chi connectivity index (χ1v) is 8.66. The van der Waals surface area contributed by atoms with Gasteiger partial charge in [0.05, 0.1) is 24.3 Å². The standard InChI is InChI=1S/C17H19ClF2N2O2/c18-11-5-12(19)8(1-13(11)20)2-15(10-6-24-7-10)22-17(23)16-4-9-3-14(9)21-16/h1,5,9-10,14-16,21H,2-4,6-7H2,(H,22,23)/t9-,14-,15?,16-/m1/s1. The first kappa shape index (κ1) is 16.2. The van der Waals surface area contributed by atoms with E-state index < -0.39 is 11.6 Å². The van der Waals surface area contributed by atoms with Gasteiger partial charge in [-0.3, -0.25) is 4.79 Å². The molecule has 130 valence electrons. The molecule has 1 aromatic rings. The van der Waals surface area contributed by atoms with Crippen LogP contribution in [-0.2, 0) is 16.0 Å². The topological polar surface area (TPSA) is 50.4 Å². The van der Waals surface area contributed by atoms with Gasteiger partial charge in [0.2, 0.25) is 5.91 Å². The highest BCUT2D eigenvalue weighted by atomic mass is 35.5. The minimum atomic E-state index is -0.652. The number of amides is 1. The van der Waals surface area contributed by atoms with Crippen LogP contribution >= 0.6 is 11.6 Å². The Hall–Kier alpha value is -1.24. The van der Waals surface area contributed by atoms with Crippen molar-refractivity contribution in [2.45, 2.75) is 37.4 Å². The van der Waals surface area contributed by atoms with E-state index in [4.69, 9.17) is 16.3 Å². The van der Waals surface area contributed by atoms with Crippen molar-refractivity contribution >= 4 is 17.5 Å². The molecule has 2 heterocycles. The summed E-state index contributed by atoms with van der Waals surface area (Å²) in [5, 5.41) is 6.08. The first-order chi connectivity index (χ1) is 11.5. The predicted octanol–water partition coefficient (Wildman–Crippen LogP) is 2.04. The number of hydrogen-bond donors (Lipinski definition) is 2. The summed E-state index contributed by atoms with van der Waals surface area (Å²) in [6.45, 7) is 1.04. The summed E-state index contributed by atoms with van der Waals surface area (Å²) in [5.41, 5.74) is 0.219. The zero-order valence-corrected chi connectivity index (χ0v) is 13.8. The molecular weight excluding hydrogens is 338 g/mol. The number of ether oxygens (including phenoxy) is 1. The summed E-state index contributed by atoms with van der Waals surface area (Å²) in [7, 11) is 0. The van der Waals surface area contributed by atoms with Crippen LogP contribution in [0.15, 0.2) is 12.1 Å². The van der Waals surface area contributed by atoms with E-state index in [-0.39, 0.29) is 40.9 Å². The number of piperidine rings is 1. The van der Waals surface area contributed by atoms with E-state index in [0.717, 1.165) is 25.0 Å². The number of benzene rings is 1. The molecule has 4 nitrogen and oxygen atoms in total. The second-order valence-electron chi connectivity index (χ2n) is 7.03. The quantitative estimate of drug-likeness (QED) is 0.794. The van der Waals surface area contributed by atoms with Gasteiger partial charge in [-0.05, 0) is 42.9 Å². The summed E-state index contributed by atoms with van der Waals surface area (Å²) in [6, 6.07) is 2.12. The van der Waals surface area contributed by atoms with E-state index in [0.29, 0.717) is 25.2 Å². The van der Waals surface area contributed by atoms with Gasteiger partial charge in [-0.15, -0.1) is 0 Å². The second kappa shape index (κ2) is 6.24. The van der Waals surface area contributed by atoms with Crippen LogP contribution < -0.4 is 10.6 Å². The Morgan fingerprint density at radius 2 is 2.12 bits per heavy atom. The molecule has 2 aliphatic heterocycles. The highest BCUT2D eigenvalue weighted by Gasteiger charge is 2.48. The molecule has 1 unspecified atom stereocenters. The van der Waals surface area contributed by atoms with Gasteiger partial charge in [-0.2, -0.15) is 0 Å². The lowest BCUT2D eigenvalue weighted by Gasteiger charge is -2.35. The van der Waals surface area contributed by atoms with E-state index in [2.05, 4.69) is 10.6 Å². The van der Waals surface area contributed by atoms with Crippen LogP contribution in [0.1, 0.15) is 18.4 Å². The zero-order chi connectivity index (χ0) is 16.8. The number of fused-ring (bicyclic) bond motifs is 1. The van der Waals surface area contributed by atoms with Crippen molar-refractivity contribution in [3.05, 3.63) is 34.4 Å². The van der Waals surface area contributed by atoms with Gasteiger partial charge < -0.3 is 15.4 Å². The molecule has 1 aromatic carbocycles. The molecule has 1 aliphatic carbocycles. The lowest BCUT2D eigenvalue weighted by Crippen LogP contribution is -2.53. The third kappa shape index (κ3) is 3.15. The number of carbonyl (C=O) groups excluding carboxylic acids is 1. The lowest BCUT2D eigenvalue weighted by atomic mass is 9.91. The minimum Gasteiger partial charge on any atom is -0.381 e. The fourth-order valence-electron chi connectivity index (χ4n) is 3.59. The molecule has 0 spiro atoms. The van der Waals surface area contributed by atoms with Crippen LogP contribution in [0.25, 0.3) is 0 Å². The fraction of sp³-hybridized carbons (Fsp3) is 0.588. The minimum absolute atomic E-state index is 0.0612. The fourth-order valence-corrected chi connectivity index (χ4v) is 3.74. The van der Waals surface area contributed by atoms with Gasteiger partial charge in [0, 0.05) is 18.0 Å². The average Bonchev–Trinajstić information content (AvgIpc) is 3.09. The first-order valence-electron chi connectivity index (χ1n) is 8.29. The van der Waals surface area contributed by atoms with E-state index in [1.807, 2.05) is 0 Å². The number of carbonyl (C=O) groups is 1. The molecule has 0 bridgehead atoms. The highest BCUT2D eigenvalue weighted by Crippen LogP contribution is 2.40. The van der Waals surface area contributed by atoms with Crippen LogP contribution in [0.2, 0.25) is 5.02 Å². The molecule has 2 N–H and O–H groups in total. The van der Waals surface area contributed by atoms with Crippen molar-refractivity contribution in [2.75, 3.05) is 13.2 Å². The normalized spacial score (nSPS) is 29.7. The molecule has 4 rings (SSSR count). The Balaban J connectivity index is 1.45. The summed E-state index contributed by atoms with van der Waals surface area (Å²) in [6.07, 6.45) is 2.23. The molecule has 3 aliphatic rings. The van der Waals surface area contributed by atoms with E-state index in [1.165, 1.54) is 0 Å². The van der Waals surface area contributed by atoms with Crippen molar-refractivity contribution in [3.8, 4) is 0 Å². The zero-order valence-electron chi connectivity index (χ0n) is 13.0. The maximum absolute atomic E-state index is 14.1. The van der Waals surface area contributed by atoms with Crippen molar-refractivity contribution in [2.24, 2.45) is 11.8 Å². The van der Waals surface area contributed by atoms with Crippen molar-refractivity contribution in [1.29, 1.82) is 0 Å². The van der Waals surface area contributed by atoms with Gasteiger partial charge in [-0.25, -0.2) is 8.78 Å². The predicted molar refractivity (Wildman–Crippen MR) is 84.7 cm³/mol. The maximum Gasteiger partial charge on any atom is 0.237 e. The molecule has 7 heteroatoms. The number of rotatable bonds is 5. The molecule has 24 heavy (non-hydrogen) atoms. The largest absolute Gasteiger partial charge is 0.381 e. The molecule has 3 fully saturated rings. The summed E-state index contributed by atoms with van der Waals surface area (Å²) < 4.78 is 32.9. The van der Waals surface area contributed by atoms with E-state index >= 15 is 0 Å². The Morgan fingerprint density at radius 1 is 1.33 bits per heavy atom. The van der Waals surface area contributed by atoms with Crippen LogP contribution in [-0.4, -0.2) is 37.2 Å². The second-order valence-corrected chi connectivity index (χ2v) is 7.44. The Bertz CT molecular complexity index is 658. The van der Waals surface area contributed by atoms with Crippen LogP contribution in [0.5, 0.6) is 0 Å². The molecule has 1 amide bonds. The van der Waals surface area contributed by atoms with Crippen molar-refractivity contribution in [1.82, 2.24) is 10.6 Å². The number of halogens is 3. The van der Waals surface area contributed by atoms with Gasteiger partial charge in [-0.1, -0.05) is 11.6 Å². The third-order valence-corrected chi connectivity index (χ3v) is 5.57. The number of nitrogens with one attached hydrogen (secondary N) is 2. The smallest absolute Gasteiger partial charge is 0.237 e. The molecule has 4 atom stereocenters. The molecule has 2 saturated heterocycles. The third-order valence-electron chi connectivity index (χ3n) is 5.28. The molecule has 0 radical (unpaired) electrons. The van der Waals surface area contributed by atoms with E-state index in [9.17, 15) is 13.6 Å². The monoisotopic (exact) mass is 356 g/mol.